The van der Waals surface area contributed by atoms with Crippen LogP contribution in [0.25, 0.3) is 22.4 Å². The molecule has 0 fully saturated rings. The molecule has 0 saturated heterocycles. The molecule has 0 saturated carbocycles. The summed E-state index contributed by atoms with van der Waals surface area (Å²) in [6, 6.07) is 13.1. The maximum atomic E-state index is 12.3. The molecule has 4 rings (SSSR count). The number of rotatable bonds is 4. The first-order chi connectivity index (χ1) is 12.4. The summed E-state index contributed by atoms with van der Waals surface area (Å²) >= 11 is 0. The van der Waals surface area contributed by atoms with E-state index in [4.69, 9.17) is 0 Å². The number of hydrogen-bond donors (Lipinski definition) is 2. The van der Waals surface area contributed by atoms with Crippen molar-refractivity contribution in [3.8, 4) is 11.4 Å². The monoisotopic (exact) mass is 367 g/mol. The third-order valence-electron chi connectivity index (χ3n) is 4.00. The highest BCUT2D eigenvalue weighted by atomic mass is 32.2. The maximum Gasteiger partial charge on any atom is 0.280 e. The van der Waals surface area contributed by atoms with E-state index in [1.165, 1.54) is 12.5 Å². The summed E-state index contributed by atoms with van der Waals surface area (Å²) < 4.78 is 28.7. The number of nitrogens with zero attached hydrogens (tertiary/aromatic N) is 3. The average molecular weight is 367 g/mol. The highest BCUT2D eigenvalue weighted by Gasteiger charge is 2.17. The van der Waals surface area contributed by atoms with E-state index in [2.05, 4.69) is 19.7 Å². The molecule has 0 radical (unpaired) electrons. The number of benzene rings is 2. The Hall–Kier alpha value is -3.13. The predicted octanol–water partition coefficient (Wildman–Crippen LogP) is 3.07. The fraction of sp³-hybridized carbons (Fsp3) is 0.111. The minimum Gasteiger partial charge on any atom is -0.339 e. The van der Waals surface area contributed by atoms with Gasteiger partial charge in [0.15, 0.2) is 5.03 Å². The number of H-pyrrole nitrogens is 1. The standard InChI is InChI=1S/C18H17N5O2S/c1-12-3-8-15-16(9-12)21-18(20-15)13-4-6-14(7-5-13)22-26(24,25)17-10-23(2)11-19-17/h3-11,22H,1-2H3,(H,20,21). The Balaban J connectivity index is 1.60. The van der Waals surface area contributed by atoms with Gasteiger partial charge in [0.05, 0.1) is 17.4 Å². The highest BCUT2D eigenvalue weighted by Crippen LogP contribution is 2.23. The molecular weight excluding hydrogens is 350 g/mol. The molecule has 0 spiro atoms. The molecule has 0 aliphatic heterocycles. The van der Waals surface area contributed by atoms with Crippen LogP contribution in [-0.4, -0.2) is 27.9 Å². The van der Waals surface area contributed by atoms with Crippen molar-refractivity contribution >= 4 is 26.7 Å². The molecule has 0 bridgehead atoms. The van der Waals surface area contributed by atoms with Gasteiger partial charge in [-0.25, -0.2) is 9.97 Å². The minimum absolute atomic E-state index is 0.0169. The van der Waals surface area contributed by atoms with E-state index in [9.17, 15) is 8.42 Å². The van der Waals surface area contributed by atoms with E-state index in [1.807, 2.05) is 37.3 Å². The van der Waals surface area contributed by atoms with E-state index in [-0.39, 0.29) is 5.03 Å². The summed E-state index contributed by atoms with van der Waals surface area (Å²) in [5.41, 5.74) is 4.36. The fourth-order valence-electron chi connectivity index (χ4n) is 2.69. The Kier molecular flexibility index (Phi) is 3.77. The zero-order chi connectivity index (χ0) is 18.3. The van der Waals surface area contributed by atoms with Gasteiger partial charge in [0.2, 0.25) is 0 Å². The molecule has 0 aliphatic carbocycles. The predicted molar refractivity (Wildman–Crippen MR) is 100 cm³/mol. The Bertz CT molecular complexity index is 1190. The lowest BCUT2D eigenvalue weighted by Crippen LogP contribution is -2.13. The van der Waals surface area contributed by atoms with Crippen LogP contribution in [0.4, 0.5) is 5.69 Å². The van der Waals surface area contributed by atoms with Crippen molar-refractivity contribution in [2.75, 3.05) is 4.72 Å². The van der Waals surface area contributed by atoms with Gasteiger partial charge >= 0.3 is 0 Å². The number of nitrogens with one attached hydrogen (secondary N) is 2. The average Bonchev–Trinajstić information content (AvgIpc) is 3.21. The third kappa shape index (κ3) is 3.06. The summed E-state index contributed by atoms with van der Waals surface area (Å²) in [5.74, 6) is 0.740. The van der Waals surface area contributed by atoms with Gasteiger partial charge in [-0.15, -0.1) is 0 Å². The first-order valence-corrected chi connectivity index (χ1v) is 9.47. The Labute approximate surface area is 150 Å². The summed E-state index contributed by atoms with van der Waals surface area (Å²) in [6.45, 7) is 2.03. The van der Waals surface area contributed by atoms with Crippen molar-refractivity contribution in [1.82, 2.24) is 19.5 Å². The van der Waals surface area contributed by atoms with E-state index < -0.39 is 10.0 Å². The molecule has 8 heteroatoms. The van der Waals surface area contributed by atoms with Gasteiger partial charge in [-0.05, 0) is 48.9 Å². The van der Waals surface area contributed by atoms with E-state index in [0.717, 1.165) is 28.0 Å². The molecule has 132 valence electrons. The second-order valence-corrected chi connectivity index (χ2v) is 7.80. The molecule has 0 amide bonds. The van der Waals surface area contributed by atoms with Crippen LogP contribution < -0.4 is 4.72 Å². The topological polar surface area (TPSA) is 92.7 Å². The number of sulfonamides is 1. The number of imidazole rings is 2. The van der Waals surface area contributed by atoms with Crippen molar-refractivity contribution < 1.29 is 8.42 Å². The first-order valence-electron chi connectivity index (χ1n) is 7.98. The Morgan fingerprint density at radius 1 is 1.12 bits per heavy atom. The van der Waals surface area contributed by atoms with Crippen LogP contribution in [0.2, 0.25) is 0 Å². The summed E-state index contributed by atoms with van der Waals surface area (Å²) in [6.07, 6.45) is 2.90. The lowest BCUT2D eigenvalue weighted by atomic mass is 10.2. The summed E-state index contributed by atoms with van der Waals surface area (Å²) in [5, 5.41) is -0.0169. The van der Waals surface area contributed by atoms with E-state index in [1.54, 1.807) is 23.7 Å². The van der Waals surface area contributed by atoms with Gasteiger partial charge in [-0.1, -0.05) is 6.07 Å². The van der Waals surface area contributed by atoms with Crippen LogP contribution in [0, 0.1) is 6.92 Å². The molecule has 4 aromatic rings. The molecule has 2 aromatic heterocycles. The van der Waals surface area contributed by atoms with Crippen LogP contribution in [0.3, 0.4) is 0 Å². The van der Waals surface area contributed by atoms with Gasteiger partial charge < -0.3 is 9.55 Å². The highest BCUT2D eigenvalue weighted by molar-refractivity contribution is 7.92. The number of anilines is 1. The molecule has 2 N–H and O–H groups in total. The third-order valence-corrected chi connectivity index (χ3v) is 5.27. The molecule has 0 atom stereocenters. The second-order valence-electron chi connectivity index (χ2n) is 6.17. The lowest BCUT2D eigenvalue weighted by Gasteiger charge is -2.06. The van der Waals surface area contributed by atoms with Crippen molar-refractivity contribution in [2.24, 2.45) is 7.05 Å². The number of aryl methyl sites for hydroxylation is 2. The number of aromatic nitrogens is 4. The van der Waals surface area contributed by atoms with Gasteiger partial charge in [0, 0.05) is 24.5 Å². The largest absolute Gasteiger partial charge is 0.339 e. The SMILES string of the molecule is Cc1ccc2nc(-c3ccc(NS(=O)(=O)c4cn(C)cn4)cc3)[nH]c2c1. The van der Waals surface area contributed by atoms with Crippen molar-refractivity contribution in [2.45, 2.75) is 11.9 Å². The van der Waals surface area contributed by atoms with Crippen LogP contribution in [0.5, 0.6) is 0 Å². The molecule has 2 heterocycles. The Morgan fingerprint density at radius 3 is 2.58 bits per heavy atom. The zero-order valence-electron chi connectivity index (χ0n) is 14.3. The van der Waals surface area contributed by atoms with Crippen molar-refractivity contribution in [3.05, 3.63) is 60.6 Å². The van der Waals surface area contributed by atoms with E-state index in [0.29, 0.717) is 5.69 Å². The molecule has 7 nitrogen and oxygen atoms in total. The van der Waals surface area contributed by atoms with Crippen LogP contribution >= 0.6 is 0 Å². The smallest absolute Gasteiger partial charge is 0.280 e. The number of hydrogen-bond acceptors (Lipinski definition) is 4. The number of fused-ring (bicyclic) bond motifs is 1. The normalized spacial score (nSPS) is 11.8. The molecule has 2 aromatic carbocycles. The van der Waals surface area contributed by atoms with Crippen molar-refractivity contribution in [1.29, 1.82) is 0 Å². The molecule has 0 aliphatic rings. The summed E-state index contributed by atoms with van der Waals surface area (Å²) in [7, 11) is -1.98. The van der Waals surface area contributed by atoms with Gasteiger partial charge in [0.25, 0.3) is 10.0 Å². The van der Waals surface area contributed by atoms with Gasteiger partial charge in [-0.2, -0.15) is 8.42 Å². The minimum atomic E-state index is -3.70. The van der Waals surface area contributed by atoms with Crippen LogP contribution in [0.15, 0.2) is 60.0 Å². The Morgan fingerprint density at radius 2 is 1.88 bits per heavy atom. The quantitative estimate of drug-likeness (QED) is 0.580. The second kappa shape index (κ2) is 5.99. The van der Waals surface area contributed by atoms with Gasteiger partial charge in [-0.3, -0.25) is 4.72 Å². The van der Waals surface area contributed by atoms with Crippen LogP contribution in [0.1, 0.15) is 5.56 Å². The first kappa shape index (κ1) is 16.3. The molecular formula is C18H17N5O2S. The van der Waals surface area contributed by atoms with Crippen molar-refractivity contribution in [3.63, 3.8) is 0 Å². The molecule has 26 heavy (non-hydrogen) atoms. The maximum absolute atomic E-state index is 12.3. The summed E-state index contributed by atoms with van der Waals surface area (Å²) in [4.78, 5) is 11.7. The van der Waals surface area contributed by atoms with Crippen LogP contribution in [-0.2, 0) is 17.1 Å². The van der Waals surface area contributed by atoms with Gasteiger partial charge in [0.1, 0.15) is 5.82 Å². The molecule has 0 unspecified atom stereocenters. The number of aromatic amines is 1. The fourth-order valence-corrected chi connectivity index (χ4v) is 3.73. The van der Waals surface area contributed by atoms with E-state index >= 15 is 0 Å². The zero-order valence-corrected chi connectivity index (χ0v) is 15.1. The lowest BCUT2D eigenvalue weighted by molar-refractivity contribution is 0.598.